The van der Waals surface area contributed by atoms with Crippen LogP contribution in [0, 0.1) is 13.8 Å². The lowest BCUT2D eigenvalue weighted by Crippen LogP contribution is -2.03. The van der Waals surface area contributed by atoms with Gasteiger partial charge >= 0.3 is 0 Å². The summed E-state index contributed by atoms with van der Waals surface area (Å²) in [5.74, 6) is 0. The third-order valence-electron chi connectivity index (χ3n) is 2.35. The van der Waals surface area contributed by atoms with Crippen LogP contribution in [0.25, 0.3) is 10.2 Å². The number of nitrogens with zero attached hydrogens (tertiary/aromatic N) is 1. The number of benzene rings is 1. The van der Waals surface area contributed by atoms with Crippen molar-refractivity contribution < 1.29 is 0 Å². The molecular weight excluding hydrogens is 192 g/mol. The summed E-state index contributed by atoms with van der Waals surface area (Å²) in [6.07, 6.45) is 0. The van der Waals surface area contributed by atoms with Crippen LogP contribution in [0.1, 0.15) is 29.1 Å². The van der Waals surface area contributed by atoms with Gasteiger partial charge in [0.25, 0.3) is 0 Å². The van der Waals surface area contributed by atoms with Crippen molar-refractivity contribution in [1.29, 1.82) is 0 Å². The Kier molecular flexibility index (Phi) is 2.29. The van der Waals surface area contributed by atoms with Crippen molar-refractivity contribution in [2.75, 3.05) is 0 Å². The molecule has 0 aliphatic rings. The lowest BCUT2D eigenvalue weighted by Gasteiger charge is -1.96. The zero-order chi connectivity index (χ0) is 10.3. The average Bonchev–Trinajstić information content (AvgIpc) is 2.57. The Bertz CT molecular complexity index is 432. The minimum Gasteiger partial charge on any atom is -0.322 e. The van der Waals surface area contributed by atoms with Crippen molar-refractivity contribution in [3.63, 3.8) is 0 Å². The molecule has 1 heterocycles. The summed E-state index contributed by atoms with van der Waals surface area (Å²) in [5, 5.41) is 1.03. The molecular formula is C11H14N2S. The molecule has 14 heavy (non-hydrogen) atoms. The highest BCUT2D eigenvalue weighted by Gasteiger charge is 2.10. The second-order valence-corrected chi connectivity index (χ2v) is 4.75. The van der Waals surface area contributed by atoms with Crippen molar-refractivity contribution in [1.82, 2.24) is 4.98 Å². The van der Waals surface area contributed by atoms with Crippen LogP contribution < -0.4 is 5.73 Å². The molecule has 0 amide bonds. The van der Waals surface area contributed by atoms with E-state index in [4.69, 9.17) is 5.73 Å². The third-order valence-corrected chi connectivity index (χ3v) is 3.74. The minimum absolute atomic E-state index is 0.0335. The summed E-state index contributed by atoms with van der Waals surface area (Å²) < 4.78 is 1.28. The summed E-state index contributed by atoms with van der Waals surface area (Å²) in [5.41, 5.74) is 9.46. The molecule has 2 aromatic rings. The van der Waals surface area contributed by atoms with Crippen LogP contribution in [-0.4, -0.2) is 4.98 Å². The first-order valence-electron chi connectivity index (χ1n) is 4.72. The van der Waals surface area contributed by atoms with Crippen LogP contribution in [0.4, 0.5) is 0 Å². The summed E-state index contributed by atoms with van der Waals surface area (Å²) in [6.45, 7) is 6.18. The highest BCUT2D eigenvalue weighted by Crippen LogP contribution is 2.29. The molecule has 3 heteroatoms. The van der Waals surface area contributed by atoms with E-state index in [0.29, 0.717) is 0 Å². The summed E-state index contributed by atoms with van der Waals surface area (Å²) >= 11 is 1.71. The maximum absolute atomic E-state index is 5.83. The quantitative estimate of drug-likeness (QED) is 0.779. The monoisotopic (exact) mass is 206 g/mol. The Morgan fingerprint density at radius 2 is 1.93 bits per heavy atom. The van der Waals surface area contributed by atoms with Crippen molar-refractivity contribution in [3.05, 3.63) is 28.3 Å². The Morgan fingerprint density at radius 1 is 1.29 bits per heavy atom. The topological polar surface area (TPSA) is 38.9 Å². The SMILES string of the molecule is Cc1ccc(C)c2sc(C(C)N)nc12. The van der Waals surface area contributed by atoms with E-state index in [2.05, 4.69) is 31.0 Å². The van der Waals surface area contributed by atoms with Crippen molar-refractivity contribution >= 4 is 21.6 Å². The maximum atomic E-state index is 5.83. The molecule has 1 unspecified atom stereocenters. The second-order valence-electron chi connectivity index (χ2n) is 3.72. The molecule has 0 saturated carbocycles. The van der Waals surface area contributed by atoms with Crippen LogP contribution in [0.2, 0.25) is 0 Å². The number of aryl methyl sites for hydroxylation is 2. The zero-order valence-electron chi connectivity index (χ0n) is 8.66. The van der Waals surface area contributed by atoms with Gasteiger partial charge in [0, 0.05) is 0 Å². The number of fused-ring (bicyclic) bond motifs is 1. The normalized spacial score (nSPS) is 13.4. The van der Waals surface area contributed by atoms with Crippen LogP contribution in [-0.2, 0) is 0 Å². The van der Waals surface area contributed by atoms with Gasteiger partial charge in [-0.15, -0.1) is 11.3 Å². The molecule has 1 aromatic heterocycles. The van der Waals surface area contributed by atoms with E-state index in [1.165, 1.54) is 15.8 Å². The molecule has 2 rings (SSSR count). The minimum atomic E-state index is 0.0335. The fourth-order valence-corrected chi connectivity index (χ4v) is 2.53. The maximum Gasteiger partial charge on any atom is 0.110 e. The Balaban J connectivity index is 2.75. The lowest BCUT2D eigenvalue weighted by molar-refractivity contribution is 0.810. The van der Waals surface area contributed by atoms with Gasteiger partial charge in [0.2, 0.25) is 0 Å². The van der Waals surface area contributed by atoms with Crippen LogP contribution in [0.5, 0.6) is 0 Å². The molecule has 0 bridgehead atoms. The van der Waals surface area contributed by atoms with E-state index >= 15 is 0 Å². The van der Waals surface area contributed by atoms with Crippen LogP contribution >= 0.6 is 11.3 Å². The first kappa shape index (κ1) is 9.62. The third kappa shape index (κ3) is 1.42. The van der Waals surface area contributed by atoms with Crippen LogP contribution in [0.3, 0.4) is 0 Å². The molecule has 0 fully saturated rings. The predicted octanol–water partition coefficient (Wildman–Crippen LogP) is 2.93. The first-order valence-corrected chi connectivity index (χ1v) is 5.53. The van der Waals surface area contributed by atoms with E-state index in [1.807, 2.05) is 6.92 Å². The highest BCUT2D eigenvalue weighted by atomic mass is 32.1. The molecule has 0 aliphatic heterocycles. The molecule has 1 aromatic carbocycles. The molecule has 0 spiro atoms. The highest BCUT2D eigenvalue weighted by molar-refractivity contribution is 7.18. The van der Waals surface area contributed by atoms with E-state index in [9.17, 15) is 0 Å². The summed E-state index contributed by atoms with van der Waals surface area (Å²) in [6, 6.07) is 4.29. The van der Waals surface area contributed by atoms with Crippen molar-refractivity contribution in [2.24, 2.45) is 5.73 Å². The van der Waals surface area contributed by atoms with Crippen molar-refractivity contribution in [3.8, 4) is 0 Å². The van der Waals surface area contributed by atoms with E-state index in [0.717, 1.165) is 10.5 Å². The summed E-state index contributed by atoms with van der Waals surface area (Å²) in [4.78, 5) is 4.57. The zero-order valence-corrected chi connectivity index (χ0v) is 9.48. The summed E-state index contributed by atoms with van der Waals surface area (Å²) in [7, 11) is 0. The molecule has 0 aliphatic carbocycles. The molecule has 2 nitrogen and oxygen atoms in total. The average molecular weight is 206 g/mol. The number of rotatable bonds is 1. The van der Waals surface area contributed by atoms with Gasteiger partial charge in [0.15, 0.2) is 0 Å². The van der Waals surface area contributed by atoms with Gasteiger partial charge in [-0.25, -0.2) is 4.98 Å². The smallest absolute Gasteiger partial charge is 0.110 e. The largest absolute Gasteiger partial charge is 0.322 e. The van der Waals surface area contributed by atoms with Gasteiger partial charge in [-0.2, -0.15) is 0 Å². The van der Waals surface area contributed by atoms with Gasteiger partial charge < -0.3 is 5.73 Å². The van der Waals surface area contributed by atoms with E-state index < -0.39 is 0 Å². The first-order chi connectivity index (χ1) is 6.59. The number of hydrogen-bond acceptors (Lipinski definition) is 3. The molecule has 74 valence electrons. The fraction of sp³-hybridized carbons (Fsp3) is 0.364. The van der Waals surface area contributed by atoms with E-state index in [-0.39, 0.29) is 6.04 Å². The molecule has 0 saturated heterocycles. The van der Waals surface area contributed by atoms with Gasteiger partial charge in [-0.1, -0.05) is 12.1 Å². The van der Waals surface area contributed by atoms with Gasteiger partial charge in [0.1, 0.15) is 5.01 Å². The van der Waals surface area contributed by atoms with Gasteiger partial charge in [-0.3, -0.25) is 0 Å². The van der Waals surface area contributed by atoms with E-state index in [1.54, 1.807) is 11.3 Å². The lowest BCUT2D eigenvalue weighted by atomic mass is 10.1. The number of hydrogen-bond donors (Lipinski definition) is 1. The standard InChI is InChI=1S/C11H14N2S/c1-6-4-5-7(2)10-9(6)13-11(14-10)8(3)12/h4-5,8H,12H2,1-3H3. The fourth-order valence-electron chi connectivity index (χ4n) is 1.47. The molecule has 2 N–H and O–H groups in total. The predicted molar refractivity (Wildman–Crippen MR) is 61.7 cm³/mol. The number of thiazole rings is 1. The molecule has 1 atom stereocenters. The Morgan fingerprint density at radius 3 is 2.50 bits per heavy atom. The Labute approximate surface area is 87.8 Å². The number of aromatic nitrogens is 1. The van der Waals surface area contributed by atoms with Crippen LogP contribution in [0.15, 0.2) is 12.1 Å². The van der Waals surface area contributed by atoms with Gasteiger partial charge in [-0.05, 0) is 31.9 Å². The van der Waals surface area contributed by atoms with Gasteiger partial charge in [0.05, 0.1) is 16.3 Å². The second kappa shape index (κ2) is 3.33. The van der Waals surface area contributed by atoms with Crippen molar-refractivity contribution in [2.45, 2.75) is 26.8 Å². The Hall–Kier alpha value is -0.930. The molecule has 0 radical (unpaired) electrons. The number of nitrogens with two attached hydrogens (primary N) is 1.